The van der Waals surface area contributed by atoms with E-state index in [4.69, 9.17) is 23.7 Å². The molecule has 12 N–H and O–H groups in total. The van der Waals surface area contributed by atoms with Gasteiger partial charge in [0.25, 0.3) is 0 Å². The summed E-state index contributed by atoms with van der Waals surface area (Å²) in [6.45, 7) is 9.07. The van der Waals surface area contributed by atoms with Gasteiger partial charge in [-0.2, -0.15) is 0 Å². The van der Waals surface area contributed by atoms with Crippen LogP contribution in [0.2, 0.25) is 0 Å². The van der Waals surface area contributed by atoms with Gasteiger partial charge in [0.2, 0.25) is 0 Å². The number of carbonyl (C=O) groups excluding carboxylic acids is 1. The molecule has 8 heterocycles. The van der Waals surface area contributed by atoms with Crippen LogP contribution < -0.4 is 42.5 Å². The predicted molar refractivity (Wildman–Crippen MR) is 307 cm³/mol. The van der Waals surface area contributed by atoms with E-state index in [9.17, 15) is 0 Å². The third-order valence-corrected chi connectivity index (χ3v) is 15.6. The molecule has 0 amide bonds. The van der Waals surface area contributed by atoms with Gasteiger partial charge < -0.3 is 34.7 Å². The lowest BCUT2D eigenvalue weighted by Crippen LogP contribution is -2.23. The van der Waals surface area contributed by atoms with Gasteiger partial charge in [0, 0.05) is 52.4 Å². The first-order valence-electron chi connectivity index (χ1n) is 27.1. The van der Waals surface area contributed by atoms with E-state index in [2.05, 4.69) is 237 Å². The Kier molecular flexibility index (Phi) is 18.6. The minimum absolute atomic E-state index is 0. The normalized spacial score (nSPS) is 23.1. The number of rotatable bonds is 8. The Hall–Kier alpha value is -7.13. The molecule has 0 aromatic heterocycles. The molecule has 8 aromatic carbocycles. The van der Waals surface area contributed by atoms with Crippen molar-refractivity contribution in [3.05, 3.63) is 283 Å². The maximum atomic E-state index is 8.00. The minimum atomic E-state index is -0.0140. The van der Waals surface area contributed by atoms with Gasteiger partial charge in [-0.05, 0) is 89.0 Å². The van der Waals surface area contributed by atoms with Gasteiger partial charge in [0.05, 0.1) is 0 Å². The number of nitrogens with one attached hydrogen (secondary N) is 8. The molecule has 15 nitrogen and oxygen atoms in total. The van der Waals surface area contributed by atoms with Crippen molar-refractivity contribution in [3.8, 4) is 0 Å². The van der Waals surface area contributed by atoms with Crippen molar-refractivity contribution >= 4 is 6.79 Å². The molecule has 0 bridgehead atoms. The van der Waals surface area contributed by atoms with Crippen LogP contribution in [-0.2, 0) is 76.1 Å². The zero-order chi connectivity index (χ0) is 52.6. The number of ether oxygens (including phenoxy) is 4. The molecule has 0 spiro atoms. The average Bonchev–Trinajstić information content (AvgIpc) is 4.41. The van der Waals surface area contributed by atoms with E-state index in [1.54, 1.807) is 0 Å². The van der Waals surface area contributed by atoms with Gasteiger partial charge in [0.15, 0.2) is 0 Å². The van der Waals surface area contributed by atoms with Crippen molar-refractivity contribution in [1.82, 2.24) is 42.5 Å². The van der Waals surface area contributed by atoms with Crippen LogP contribution in [0.3, 0.4) is 0 Å². The summed E-state index contributed by atoms with van der Waals surface area (Å²) in [4.78, 5) is 8.00. The highest BCUT2D eigenvalue weighted by molar-refractivity contribution is 5.39. The monoisotopic (exact) mass is 1070 g/mol. The van der Waals surface area contributed by atoms with Gasteiger partial charge in [-0.25, -0.2) is 0 Å². The Bertz CT molecular complexity index is 2700. The first-order chi connectivity index (χ1) is 38.7. The molecule has 8 atom stereocenters. The molecular weight excluding hydrogens is 1000 g/mol. The van der Waals surface area contributed by atoms with E-state index >= 15 is 0 Å². The van der Waals surface area contributed by atoms with Gasteiger partial charge >= 0.3 is 0 Å². The van der Waals surface area contributed by atoms with Crippen molar-refractivity contribution in [1.29, 1.82) is 0 Å². The first kappa shape index (κ1) is 56.2. The minimum Gasteiger partial charge on any atom is -0.412 e. The van der Waals surface area contributed by atoms with Crippen LogP contribution in [-0.4, -0.2) is 17.7 Å². The zero-order valence-corrected chi connectivity index (χ0v) is 44.5. The molecule has 8 unspecified atom stereocenters. The Morgan fingerprint density at radius 2 is 0.338 bits per heavy atom. The van der Waals surface area contributed by atoms with Gasteiger partial charge in [0.1, 0.15) is 56.6 Å². The fourth-order valence-corrected chi connectivity index (χ4v) is 11.6. The largest absolute Gasteiger partial charge is 0.412 e. The van der Waals surface area contributed by atoms with E-state index in [-0.39, 0.29) is 60.8 Å². The van der Waals surface area contributed by atoms with E-state index in [0.717, 1.165) is 52.4 Å². The first-order valence-corrected chi connectivity index (χ1v) is 27.1. The summed E-state index contributed by atoms with van der Waals surface area (Å²) in [5, 5.41) is 27.3. The molecule has 80 heavy (non-hydrogen) atoms. The molecule has 412 valence electrons. The Morgan fingerprint density at radius 1 is 0.225 bits per heavy atom. The zero-order valence-electron chi connectivity index (χ0n) is 44.5. The van der Waals surface area contributed by atoms with Crippen LogP contribution in [0.5, 0.6) is 0 Å². The third-order valence-electron chi connectivity index (χ3n) is 15.6. The van der Waals surface area contributed by atoms with Crippen LogP contribution in [0.25, 0.3) is 0 Å². The van der Waals surface area contributed by atoms with Crippen LogP contribution >= 0.6 is 0 Å². The average molecular weight is 1080 g/mol. The molecule has 0 fully saturated rings. The quantitative estimate of drug-likeness (QED) is 0.0717. The predicted octanol–water partition coefficient (Wildman–Crippen LogP) is 8.59. The standard InChI is InChI=1S/4C16H16N2O.CH2O.2H2O/c4*1-3-7-13-11(5-1)9-17-15(13)19-16-14-8-4-2-6-12(14)10-18-16;1-2;;/h4*1-8,15-18H,9-10H2;1H2;2*1H2. The number of hydrogen-bond acceptors (Lipinski definition) is 13. The fraction of sp³-hybridized carbons (Fsp3) is 0.246. The second-order valence-electron chi connectivity index (χ2n) is 20.2. The molecule has 16 rings (SSSR count). The summed E-state index contributed by atoms with van der Waals surface area (Å²) < 4.78 is 24.8. The second-order valence-corrected chi connectivity index (χ2v) is 20.2. The molecule has 0 radical (unpaired) electrons. The van der Waals surface area contributed by atoms with Crippen molar-refractivity contribution in [2.75, 3.05) is 0 Å². The molecular formula is C65H70N8O7. The number of carbonyl (C=O) groups is 1. The maximum Gasteiger partial charge on any atom is 0.137 e. The lowest BCUT2D eigenvalue weighted by molar-refractivity contribution is -0.0980. The van der Waals surface area contributed by atoms with E-state index < -0.39 is 0 Å². The third kappa shape index (κ3) is 12.1. The highest BCUT2D eigenvalue weighted by Crippen LogP contribution is 2.38. The topological polar surface area (TPSA) is 213 Å². The number of fused-ring (bicyclic) bond motifs is 8. The van der Waals surface area contributed by atoms with Gasteiger partial charge in [-0.3, -0.25) is 42.5 Å². The molecule has 8 aliphatic rings. The summed E-state index contributed by atoms with van der Waals surface area (Å²) in [6, 6.07) is 67.5. The summed E-state index contributed by atoms with van der Waals surface area (Å²) in [7, 11) is 0. The Balaban J connectivity index is 0.000000118. The lowest BCUT2D eigenvalue weighted by atomic mass is 10.1. The van der Waals surface area contributed by atoms with E-state index in [1.807, 2.05) is 6.79 Å². The van der Waals surface area contributed by atoms with Crippen molar-refractivity contribution in [2.45, 2.75) is 102 Å². The van der Waals surface area contributed by atoms with Crippen molar-refractivity contribution in [3.63, 3.8) is 0 Å². The highest BCUT2D eigenvalue weighted by Gasteiger charge is 2.33. The van der Waals surface area contributed by atoms with Gasteiger partial charge in [-0.15, -0.1) is 0 Å². The SMILES string of the molecule is C=O.O.O.c1ccc2c(c1)CNC2OC1NCc2ccccc21.c1ccc2c(c1)CNC2OC1NCc2ccccc21.c1ccc2c(c1)CNC2OC1NCc2ccccc21.c1ccc2c(c1)CNC2OC1NCc2ccccc21. The smallest absolute Gasteiger partial charge is 0.137 e. The van der Waals surface area contributed by atoms with E-state index in [1.165, 1.54) is 89.0 Å². The van der Waals surface area contributed by atoms with Gasteiger partial charge in [-0.1, -0.05) is 194 Å². The Morgan fingerprint density at radius 3 is 0.463 bits per heavy atom. The summed E-state index contributed by atoms with van der Waals surface area (Å²) in [6.07, 6.45) is -0.112. The molecule has 8 aromatic rings. The molecule has 15 heteroatoms. The number of benzene rings is 8. The van der Waals surface area contributed by atoms with Crippen molar-refractivity contribution < 1.29 is 34.7 Å². The highest BCUT2D eigenvalue weighted by atomic mass is 16.5. The summed E-state index contributed by atoms with van der Waals surface area (Å²) in [5.74, 6) is 0. The lowest BCUT2D eigenvalue weighted by Gasteiger charge is -2.20. The van der Waals surface area contributed by atoms with Crippen LogP contribution in [0.15, 0.2) is 194 Å². The Labute approximate surface area is 467 Å². The molecule has 8 aliphatic heterocycles. The molecule has 0 aliphatic carbocycles. The van der Waals surface area contributed by atoms with Crippen LogP contribution in [0.1, 0.15) is 139 Å². The maximum absolute atomic E-state index is 8.00. The molecule has 0 saturated carbocycles. The molecule has 0 saturated heterocycles. The number of hydrogen-bond donors (Lipinski definition) is 8. The summed E-state index contributed by atoms with van der Waals surface area (Å²) in [5.41, 5.74) is 20.7. The fourth-order valence-electron chi connectivity index (χ4n) is 11.6. The second kappa shape index (κ2) is 26.4. The summed E-state index contributed by atoms with van der Waals surface area (Å²) >= 11 is 0. The van der Waals surface area contributed by atoms with Crippen LogP contribution in [0, 0.1) is 0 Å². The van der Waals surface area contributed by atoms with E-state index in [0.29, 0.717) is 0 Å². The van der Waals surface area contributed by atoms with Crippen LogP contribution in [0.4, 0.5) is 0 Å². The van der Waals surface area contributed by atoms with Crippen molar-refractivity contribution in [2.24, 2.45) is 0 Å².